The molecule has 7 nitrogen and oxygen atoms in total. The summed E-state index contributed by atoms with van der Waals surface area (Å²) in [5.74, 6) is -1.36. The second kappa shape index (κ2) is 8.35. The fraction of sp³-hybridized carbons (Fsp3) is 0.143. The van der Waals surface area contributed by atoms with E-state index in [1.54, 1.807) is 24.4 Å². The fourth-order valence-corrected chi connectivity index (χ4v) is 2.86. The van der Waals surface area contributed by atoms with Crippen LogP contribution in [0, 0.1) is 24.1 Å². The van der Waals surface area contributed by atoms with Gasteiger partial charge in [0.2, 0.25) is 11.7 Å². The summed E-state index contributed by atoms with van der Waals surface area (Å²) in [4.78, 5) is 29.3. The van der Waals surface area contributed by atoms with E-state index in [0.29, 0.717) is 5.56 Å². The number of benzene rings is 1. The monoisotopic (exact) mass is 393 g/mol. The molecule has 29 heavy (non-hydrogen) atoms. The van der Waals surface area contributed by atoms with Crippen molar-refractivity contribution in [3.63, 3.8) is 0 Å². The van der Waals surface area contributed by atoms with E-state index in [9.17, 15) is 24.3 Å². The van der Waals surface area contributed by atoms with Crippen molar-refractivity contribution in [1.29, 1.82) is 5.26 Å². The maximum absolute atomic E-state index is 13.0. The Morgan fingerprint density at radius 1 is 1.31 bits per heavy atom. The number of halogens is 1. The lowest BCUT2D eigenvalue weighted by atomic mass is 10.0. The van der Waals surface area contributed by atoms with Gasteiger partial charge in [-0.15, -0.1) is 0 Å². The minimum absolute atomic E-state index is 0.0629. The van der Waals surface area contributed by atoms with Crippen molar-refractivity contribution in [2.24, 2.45) is 0 Å². The van der Waals surface area contributed by atoms with Gasteiger partial charge in [-0.3, -0.25) is 19.1 Å². The van der Waals surface area contributed by atoms with Crippen molar-refractivity contribution in [3.05, 3.63) is 87.2 Å². The number of Topliss-reactive ketones (excluding diaryl/α,β-unsaturated/α-hetero) is 1. The molecule has 0 aliphatic rings. The number of ether oxygens (including phenoxy) is 1. The number of aromatic hydroxyl groups is 1. The van der Waals surface area contributed by atoms with Crippen LogP contribution in [0.4, 0.5) is 4.39 Å². The molecule has 0 spiro atoms. The van der Waals surface area contributed by atoms with Crippen molar-refractivity contribution >= 4 is 5.78 Å². The lowest BCUT2D eigenvalue weighted by molar-refractivity contribution is 0.0916. The Morgan fingerprint density at radius 2 is 2.03 bits per heavy atom. The Labute approximate surface area is 165 Å². The molecule has 0 aliphatic heterocycles. The first-order chi connectivity index (χ1) is 13.9. The van der Waals surface area contributed by atoms with Crippen LogP contribution in [0.1, 0.15) is 27.0 Å². The molecule has 2 heterocycles. The van der Waals surface area contributed by atoms with Gasteiger partial charge in [-0.1, -0.05) is 6.07 Å². The summed E-state index contributed by atoms with van der Waals surface area (Å²) < 4.78 is 19.3. The van der Waals surface area contributed by atoms with Crippen LogP contribution < -0.4 is 10.3 Å². The summed E-state index contributed by atoms with van der Waals surface area (Å²) in [7, 11) is 0. The van der Waals surface area contributed by atoms with Crippen molar-refractivity contribution in [2.45, 2.75) is 13.5 Å². The molecule has 0 atom stereocenters. The molecule has 2 aromatic heterocycles. The summed E-state index contributed by atoms with van der Waals surface area (Å²) in [5.41, 5.74) is -0.435. The summed E-state index contributed by atoms with van der Waals surface area (Å²) in [6.45, 7) is 0.891. The van der Waals surface area contributed by atoms with Gasteiger partial charge in [0.1, 0.15) is 23.2 Å². The van der Waals surface area contributed by atoms with Gasteiger partial charge >= 0.3 is 0 Å². The Kier molecular flexibility index (Phi) is 5.69. The van der Waals surface area contributed by atoms with Crippen LogP contribution in [0.2, 0.25) is 0 Å². The molecular weight excluding hydrogens is 377 g/mol. The molecule has 0 saturated carbocycles. The van der Waals surface area contributed by atoms with E-state index in [1.807, 2.05) is 0 Å². The summed E-state index contributed by atoms with van der Waals surface area (Å²) in [6, 6.07) is 10.3. The van der Waals surface area contributed by atoms with Crippen molar-refractivity contribution in [3.8, 4) is 17.7 Å². The number of pyridine rings is 2. The molecule has 0 bridgehead atoms. The minimum atomic E-state index is -0.706. The highest BCUT2D eigenvalue weighted by Crippen LogP contribution is 2.23. The van der Waals surface area contributed by atoms with Gasteiger partial charge in [0.15, 0.2) is 6.61 Å². The third kappa shape index (κ3) is 4.14. The van der Waals surface area contributed by atoms with Gasteiger partial charge < -0.3 is 9.84 Å². The number of aromatic nitrogens is 2. The molecular formula is C21H16FN3O4. The van der Waals surface area contributed by atoms with Gasteiger partial charge in [0, 0.05) is 12.4 Å². The van der Waals surface area contributed by atoms with Crippen LogP contribution in [0.3, 0.4) is 0 Å². The Bertz CT molecular complexity index is 1150. The normalized spacial score (nSPS) is 10.4. The maximum atomic E-state index is 13.0. The predicted molar refractivity (Wildman–Crippen MR) is 101 cm³/mol. The van der Waals surface area contributed by atoms with E-state index < -0.39 is 29.6 Å². The van der Waals surface area contributed by atoms with E-state index in [-0.39, 0.29) is 29.0 Å². The zero-order chi connectivity index (χ0) is 21.0. The Hall–Kier alpha value is -3.99. The number of nitriles is 1. The molecule has 1 aromatic carbocycles. The van der Waals surface area contributed by atoms with Crippen LogP contribution in [0.15, 0.2) is 53.6 Å². The highest BCUT2D eigenvalue weighted by molar-refractivity contribution is 6.01. The van der Waals surface area contributed by atoms with Gasteiger partial charge in [-0.2, -0.15) is 5.26 Å². The smallest absolute Gasteiger partial charge is 0.271 e. The quantitative estimate of drug-likeness (QED) is 0.646. The van der Waals surface area contributed by atoms with Gasteiger partial charge in [0.05, 0.1) is 12.1 Å². The first kappa shape index (κ1) is 19.8. The van der Waals surface area contributed by atoms with Crippen LogP contribution in [0.5, 0.6) is 11.6 Å². The van der Waals surface area contributed by atoms with E-state index in [4.69, 9.17) is 4.74 Å². The van der Waals surface area contributed by atoms with Crippen LogP contribution in [-0.4, -0.2) is 27.0 Å². The number of hydrogen-bond acceptors (Lipinski definition) is 6. The first-order valence-electron chi connectivity index (χ1n) is 8.59. The molecule has 0 fully saturated rings. The molecule has 146 valence electrons. The first-order valence-corrected chi connectivity index (χ1v) is 8.59. The van der Waals surface area contributed by atoms with Gasteiger partial charge in [0.25, 0.3) is 5.56 Å². The molecule has 0 saturated heterocycles. The highest BCUT2D eigenvalue weighted by atomic mass is 19.1. The molecule has 8 heteroatoms. The van der Waals surface area contributed by atoms with E-state index in [0.717, 1.165) is 4.57 Å². The third-order valence-corrected chi connectivity index (χ3v) is 4.33. The minimum Gasteiger partial charge on any atom is -0.494 e. The number of ketones is 1. The SMILES string of the molecule is Cc1c(C(=O)COc2ccc(F)cc2)c(O)n(Cc2cccnc2)c(=O)c1C#N. The maximum Gasteiger partial charge on any atom is 0.271 e. The second-order valence-electron chi connectivity index (χ2n) is 6.23. The molecule has 0 unspecified atom stereocenters. The lowest BCUT2D eigenvalue weighted by Gasteiger charge is -2.15. The third-order valence-electron chi connectivity index (χ3n) is 4.33. The average molecular weight is 393 g/mol. The Morgan fingerprint density at radius 3 is 2.66 bits per heavy atom. The average Bonchev–Trinajstić information content (AvgIpc) is 2.72. The van der Waals surface area contributed by atoms with Crippen LogP contribution in [-0.2, 0) is 6.54 Å². The van der Waals surface area contributed by atoms with Crippen molar-refractivity contribution in [1.82, 2.24) is 9.55 Å². The van der Waals surface area contributed by atoms with Gasteiger partial charge in [-0.25, -0.2) is 4.39 Å². The number of carbonyl (C=O) groups excluding carboxylic acids is 1. The van der Waals surface area contributed by atoms with E-state index in [2.05, 4.69) is 4.98 Å². The lowest BCUT2D eigenvalue weighted by Crippen LogP contribution is -2.28. The molecule has 3 rings (SSSR count). The topological polar surface area (TPSA) is 105 Å². The zero-order valence-corrected chi connectivity index (χ0v) is 15.4. The number of carbonyl (C=O) groups is 1. The summed E-state index contributed by atoms with van der Waals surface area (Å²) >= 11 is 0. The van der Waals surface area contributed by atoms with E-state index in [1.165, 1.54) is 37.4 Å². The van der Waals surface area contributed by atoms with Crippen LogP contribution in [0.25, 0.3) is 0 Å². The number of rotatable bonds is 6. The largest absolute Gasteiger partial charge is 0.494 e. The number of hydrogen-bond donors (Lipinski definition) is 1. The molecule has 0 aliphatic carbocycles. The Balaban J connectivity index is 1.97. The van der Waals surface area contributed by atoms with Crippen molar-refractivity contribution < 1.29 is 19.0 Å². The molecule has 0 amide bonds. The second-order valence-corrected chi connectivity index (χ2v) is 6.23. The van der Waals surface area contributed by atoms with Crippen molar-refractivity contribution in [2.75, 3.05) is 6.61 Å². The zero-order valence-electron chi connectivity index (χ0n) is 15.4. The summed E-state index contributed by atoms with van der Waals surface area (Å²) in [5, 5.41) is 20.0. The summed E-state index contributed by atoms with van der Waals surface area (Å²) in [6.07, 6.45) is 3.07. The molecule has 0 radical (unpaired) electrons. The fourth-order valence-electron chi connectivity index (χ4n) is 2.86. The van der Waals surface area contributed by atoms with E-state index >= 15 is 0 Å². The highest BCUT2D eigenvalue weighted by Gasteiger charge is 2.24. The predicted octanol–water partition coefficient (Wildman–Crippen LogP) is 2.58. The number of nitrogens with zero attached hydrogens (tertiary/aromatic N) is 3. The standard InChI is InChI=1S/C21H16FN3O4/c1-13-17(9-23)20(27)25(11-14-3-2-8-24-10-14)21(28)19(13)18(26)12-29-16-6-4-15(22)5-7-16/h2-8,10,28H,11-12H2,1H3. The molecule has 1 N–H and O–H groups in total. The molecule has 3 aromatic rings. The van der Waals surface area contributed by atoms with Gasteiger partial charge in [-0.05, 0) is 48.4 Å². The van der Waals surface area contributed by atoms with Crippen LogP contribution >= 0.6 is 0 Å².